The van der Waals surface area contributed by atoms with Gasteiger partial charge in [-0.05, 0) is 43.9 Å². The fourth-order valence-electron chi connectivity index (χ4n) is 3.75. The van der Waals surface area contributed by atoms with Gasteiger partial charge in [0, 0.05) is 6.54 Å². The molecule has 0 aromatic rings. The predicted octanol–water partition coefficient (Wildman–Crippen LogP) is 1.31. The van der Waals surface area contributed by atoms with Crippen LogP contribution in [0.25, 0.3) is 0 Å². The van der Waals surface area contributed by atoms with Crippen molar-refractivity contribution < 1.29 is 9.47 Å². The van der Waals surface area contributed by atoms with Crippen molar-refractivity contribution in [1.29, 1.82) is 0 Å². The molecule has 0 aromatic heterocycles. The van der Waals surface area contributed by atoms with Crippen LogP contribution in [0, 0.1) is 11.8 Å². The molecule has 1 heterocycles. The molecule has 2 N–H and O–H groups in total. The summed E-state index contributed by atoms with van der Waals surface area (Å²) in [4.78, 5) is 0. The molecule has 1 aliphatic heterocycles. The van der Waals surface area contributed by atoms with Crippen LogP contribution in [-0.4, -0.2) is 31.5 Å². The Morgan fingerprint density at radius 3 is 2.60 bits per heavy atom. The normalized spacial score (nSPS) is 49.8. The summed E-state index contributed by atoms with van der Waals surface area (Å²) in [6.45, 7) is 2.10. The summed E-state index contributed by atoms with van der Waals surface area (Å²) in [7, 11) is 0. The molecule has 2 bridgehead atoms. The van der Waals surface area contributed by atoms with E-state index in [4.69, 9.17) is 15.2 Å². The third kappa shape index (κ3) is 1.61. The van der Waals surface area contributed by atoms with E-state index in [0.717, 1.165) is 18.4 Å². The lowest BCUT2D eigenvalue weighted by molar-refractivity contribution is -0.246. The van der Waals surface area contributed by atoms with Gasteiger partial charge in [-0.15, -0.1) is 0 Å². The van der Waals surface area contributed by atoms with E-state index in [-0.39, 0.29) is 11.7 Å². The quantitative estimate of drug-likeness (QED) is 0.711. The Morgan fingerprint density at radius 2 is 2.00 bits per heavy atom. The summed E-state index contributed by atoms with van der Waals surface area (Å²) in [6.07, 6.45) is 6.84. The molecule has 3 aliphatic carbocycles. The maximum Gasteiger partial charge on any atom is 0.0951 e. The first kappa shape index (κ1) is 10.1. The van der Waals surface area contributed by atoms with Crippen molar-refractivity contribution in [3.63, 3.8) is 0 Å². The van der Waals surface area contributed by atoms with E-state index in [9.17, 15) is 0 Å². The topological polar surface area (TPSA) is 44.5 Å². The van der Waals surface area contributed by atoms with Crippen LogP contribution in [-0.2, 0) is 9.47 Å². The molecular weight excluding hydrogens is 190 g/mol. The number of hydrogen-bond acceptors (Lipinski definition) is 3. The largest absolute Gasteiger partial charge is 0.376 e. The van der Waals surface area contributed by atoms with Crippen LogP contribution in [0.1, 0.15) is 32.1 Å². The van der Waals surface area contributed by atoms with Crippen LogP contribution in [0.3, 0.4) is 0 Å². The van der Waals surface area contributed by atoms with Crippen LogP contribution >= 0.6 is 0 Å². The molecule has 0 amide bonds. The fourth-order valence-corrected chi connectivity index (χ4v) is 3.75. The Bertz CT molecular complexity index is 238. The minimum Gasteiger partial charge on any atom is -0.376 e. The molecule has 3 nitrogen and oxygen atoms in total. The number of hydrogen-bond donors (Lipinski definition) is 1. The molecule has 15 heavy (non-hydrogen) atoms. The van der Waals surface area contributed by atoms with Gasteiger partial charge in [-0.3, -0.25) is 0 Å². The monoisotopic (exact) mass is 211 g/mol. The molecule has 2 unspecified atom stereocenters. The zero-order valence-electron chi connectivity index (χ0n) is 9.28. The van der Waals surface area contributed by atoms with Gasteiger partial charge >= 0.3 is 0 Å². The van der Waals surface area contributed by atoms with Crippen molar-refractivity contribution in [2.75, 3.05) is 19.8 Å². The SMILES string of the molecule is NCC1COCC2(CC3CCC2CC3)O1. The minimum absolute atomic E-state index is 0.0451. The standard InChI is InChI=1S/C12H21NO2/c13-6-11-7-14-8-12(15-11)5-9-1-3-10(12)4-2-9/h9-11H,1-8,13H2. The molecular formula is C12H21NO2. The van der Waals surface area contributed by atoms with Gasteiger partial charge < -0.3 is 15.2 Å². The summed E-state index contributed by atoms with van der Waals surface area (Å²) in [5.74, 6) is 1.62. The molecule has 1 saturated heterocycles. The smallest absolute Gasteiger partial charge is 0.0951 e. The molecule has 4 aliphatic rings. The summed E-state index contributed by atoms with van der Waals surface area (Å²) < 4.78 is 12.0. The maximum atomic E-state index is 6.25. The highest BCUT2D eigenvalue weighted by Crippen LogP contribution is 2.50. The average Bonchev–Trinajstić information content (AvgIpc) is 2.30. The van der Waals surface area contributed by atoms with Gasteiger partial charge in [-0.25, -0.2) is 0 Å². The zero-order chi connectivity index (χ0) is 10.3. The van der Waals surface area contributed by atoms with Gasteiger partial charge in [0.15, 0.2) is 0 Å². The lowest BCUT2D eigenvalue weighted by Gasteiger charge is -2.54. The summed E-state index contributed by atoms with van der Waals surface area (Å²) in [5.41, 5.74) is 5.73. The van der Waals surface area contributed by atoms with Crippen molar-refractivity contribution in [3.8, 4) is 0 Å². The lowest BCUT2D eigenvalue weighted by Crippen LogP contribution is -2.58. The molecule has 86 valence electrons. The second-order valence-electron chi connectivity index (χ2n) is 5.48. The summed E-state index contributed by atoms with van der Waals surface area (Å²) in [6, 6.07) is 0. The predicted molar refractivity (Wildman–Crippen MR) is 57.5 cm³/mol. The Hall–Kier alpha value is -0.120. The first-order valence-corrected chi connectivity index (χ1v) is 6.28. The highest BCUT2D eigenvalue weighted by Gasteiger charge is 2.51. The molecule has 1 spiro atoms. The minimum atomic E-state index is 0.0451. The van der Waals surface area contributed by atoms with Crippen LogP contribution in [0.4, 0.5) is 0 Å². The summed E-state index contributed by atoms with van der Waals surface area (Å²) >= 11 is 0. The van der Waals surface area contributed by atoms with Crippen molar-refractivity contribution in [2.45, 2.75) is 43.8 Å². The maximum absolute atomic E-state index is 6.25. The van der Waals surface area contributed by atoms with Gasteiger partial charge in [0.2, 0.25) is 0 Å². The van der Waals surface area contributed by atoms with Gasteiger partial charge in [0.25, 0.3) is 0 Å². The molecule has 4 fully saturated rings. The third-order valence-electron chi connectivity index (χ3n) is 4.54. The van der Waals surface area contributed by atoms with E-state index >= 15 is 0 Å². The van der Waals surface area contributed by atoms with E-state index in [1.807, 2.05) is 0 Å². The van der Waals surface area contributed by atoms with Crippen molar-refractivity contribution in [2.24, 2.45) is 17.6 Å². The number of rotatable bonds is 1. The van der Waals surface area contributed by atoms with E-state index in [0.29, 0.717) is 13.2 Å². The van der Waals surface area contributed by atoms with Gasteiger partial charge in [0.05, 0.1) is 24.9 Å². The van der Waals surface area contributed by atoms with Crippen LogP contribution in [0.5, 0.6) is 0 Å². The molecule has 0 radical (unpaired) electrons. The van der Waals surface area contributed by atoms with E-state index in [1.54, 1.807) is 0 Å². The van der Waals surface area contributed by atoms with Crippen molar-refractivity contribution >= 4 is 0 Å². The van der Waals surface area contributed by atoms with E-state index < -0.39 is 0 Å². The Balaban J connectivity index is 1.77. The highest BCUT2D eigenvalue weighted by molar-refractivity contribution is 5.00. The second kappa shape index (κ2) is 3.72. The number of fused-ring (bicyclic) bond motifs is 2. The van der Waals surface area contributed by atoms with Crippen LogP contribution in [0.15, 0.2) is 0 Å². The first-order valence-electron chi connectivity index (χ1n) is 6.28. The molecule has 0 aromatic carbocycles. The molecule has 3 heteroatoms. The number of ether oxygens (including phenoxy) is 2. The van der Waals surface area contributed by atoms with Gasteiger partial charge in [0.1, 0.15) is 0 Å². The Labute approximate surface area is 91.3 Å². The third-order valence-corrected chi connectivity index (χ3v) is 4.54. The first-order chi connectivity index (χ1) is 7.32. The lowest BCUT2D eigenvalue weighted by atomic mass is 9.62. The zero-order valence-corrected chi connectivity index (χ0v) is 9.28. The van der Waals surface area contributed by atoms with Crippen molar-refractivity contribution in [1.82, 2.24) is 0 Å². The van der Waals surface area contributed by atoms with Crippen LogP contribution < -0.4 is 5.73 Å². The van der Waals surface area contributed by atoms with Crippen molar-refractivity contribution in [3.05, 3.63) is 0 Å². The Morgan fingerprint density at radius 1 is 1.20 bits per heavy atom. The van der Waals surface area contributed by atoms with Crippen LogP contribution in [0.2, 0.25) is 0 Å². The summed E-state index contributed by atoms with van der Waals surface area (Å²) in [5, 5.41) is 0. The van der Waals surface area contributed by atoms with E-state index in [1.165, 1.54) is 32.1 Å². The van der Waals surface area contributed by atoms with Gasteiger partial charge in [-0.2, -0.15) is 0 Å². The van der Waals surface area contributed by atoms with Gasteiger partial charge in [-0.1, -0.05) is 0 Å². The highest BCUT2D eigenvalue weighted by atomic mass is 16.6. The molecule has 3 saturated carbocycles. The molecule has 2 atom stereocenters. The fraction of sp³-hybridized carbons (Fsp3) is 1.00. The Kier molecular flexibility index (Phi) is 2.49. The molecule has 4 rings (SSSR count). The number of nitrogens with two attached hydrogens (primary N) is 1. The van der Waals surface area contributed by atoms with E-state index in [2.05, 4.69) is 0 Å². The average molecular weight is 211 g/mol. The second-order valence-corrected chi connectivity index (χ2v) is 5.48.